The maximum absolute atomic E-state index is 12.9. The normalized spacial score (nSPS) is 30.6. The van der Waals surface area contributed by atoms with Crippen LogP contribution in [0, 0.1) is 0 Å². The van der Waals surface area contributed by atoms with E-state index < -0.39 is 11.8 Å². The zero-order chi connectivity index (χ0) is 43.3. The molecule has 56 heavy (non-hydrogen) atoms. The lowest BCUT2D eigenvalue weighted by Crippen LogP contribution is -2.49. The maximum Gasteiger partial charge on any atom is 0.262 e. The Bertz CT molecular complexity index is 1110. The van der Waals surface area contributed by atoms with E-state index in [2.05, 4.69) is 117 Å². The van der Waals surface area contributed by atoms with Crippen molar-refractivity contribution in [3.63, 3.8) is 0 Å². The summed E-state index contributed by atoms with van der Waals surface area (Å²) in [5.74, 6) is -4.89. The van der Waals surface area contributed by atoms with Gasteiger partial charge in [-0.15, -0.1) is 0 Å². The number of likely N-dealkylation sites (tertiary alicyclic amines) is 4. The molecule has 6 rings (SSSR count). The number of halogens is 4. The monoisotopic (exact) mass is 804 g/mol. The largest absolute Gasteiger partial charge is 0.298 e. The predicted octanol–water partition coefficient (Wildman–Crippen LogP) is 12.4. The van der Waals surface area contributed by atoms with Gasteiger partial charge >= 0.3 is 0 Å². The average molecular weight is 804 g/mol. The van der Waals surface area contributed by atoms with Crippen LogP contribution in [0.15, 0.2) is 0 Å². The number of rotatable bonds is 0. The van der Waals surface area contributed by atoms with E-state index in [0.717, 1.165) is 24.2 Å². The molecule has 0 unspecified atom stereocenters. The second kappa shape index (κ2) is 19.9. The van der Waals surface area contributed by atoms with Gasteiger partial charge in [0.05, 0.1) is 6.54 Å². The minimum atomic E-state index is -2.48. The van der Waals surface area contributed by atoms with Gasteiger partial charge in [-0.3, -0.25) is 24.5 Å². The maximum atomic E-state index is 12.9. The van der Waals surface area contributed by atoms with Crippen LogP contribution in [0.4, 0.5) is 17.6 Å². The van der Waals surface area contributed by atoms with Crippen LogP contribution in [0.1, 0.15) is 202 Å². The smallest absolute Gasteiger partial charge is 0.262 e. The molecule has 3 atom stereocenters. The van der Waals surface area contributed by atoms with Crippen LogP contribution in [-0.4, -0.2) is 127 Å². The van der Waals surface area contributed by atoms with Crippen LogP contribution in [-0.2, 0) is 0 Å². The zero-order valence-corrected chi connectivity index (χ0v) is 40.2. The van der Waals surface area contributed by atoms with Crippen molar-refractivity contribution in [2.45, 2.75) is 271 Å². The number of fused-ring (bicyclic) bond motifs is 2. The molecule has 0 aromatic rings. The van der Waals surface area contributed by atoms with E-state index in [-0.39, 0.29) is 42.9 Å². The molecule has 0 saturated carbocycles. The van der Waals surface area contributed by atoms with Crippen LogP contribution >= 0.6 is 0 Å². The Balaban J connectivity index is 0.000000242. The summed E-state index contributed by atoms with van der Waals surface area (Å²) >= 11 is 0. The molecule has 0 N–H and O–H groups in total. The summed E-state index contributed by atoms with van der Waals surface area (Å²) in [6.45, 7) is 43.1. The van der Waals surface area contributed by atoms with Crippen molar-refractivity contribution in [2.24, 2.45) is 0 Å². The molecule has 6 fully saturated rings. The molecule has 6 heterocycles. The van der Waals surface area contributed by atoms with E-state index >= 15 is 0 Å². The van der Waals surface area contributed by atoms with Crippen molar-refractivity contribution in [1.29, 1.82) is 0 Å². The molecule has 0 spiro atoms. The molecule has 0 radical (unpaired) electrons. The zero-order valence-electron chi connectivity index (χ0n) is 40.2. The van der Waals surface area contributed by atoms with Crippen molar-refractivity contribution >= 4 is 0 Å². The summed E-state index contributed by atoms with van der Waals surface area (Å²) in [6, 6.07) is 3.46. The summed E-state index contributed by atoms with van der Waals surface area (Å²) in [4.78, 5) is 11.9. The molecule has 0 aromatic heterocycles. The van der Waals surface area contributed by atoms with Crippen molar-refractivity contribution in [2.75, 3.05) is 32.7 Å². The first-order chi connectivity index (χ1) is 25.2. The Morgan fingerprint density at radius 1 is 0.411 bits per heavy atom. The van der Waals surface area contributed by atoms with Crippen LogP contribution in [0.3, 0.4) is 0 Å². The van der Waals surface area contributed by atoms with Gasteiger partial charge in [0, 0.05) is 90.3 Å². The lowest BCUT2D eigenvalue weighted by atomic mass is 9.96. The third kappa shape index (κ3) is 16.5. The van der Waals surface area contributed by atoms with Gasteiger partial charge in [-0.1, -0.05) is 6.42 Å². The van der Waals surface area contributed by atoms with Crippen LogP contribution in [0.25, 0.3) is 0 Å². The molecule has 6 aliphatic heterocycles. The fraction of sp³-hybridized carbons (Fsp3) is 1.00. The Hall–Kier alpha value is -0.480. The first-order valence-electron chi connectivity index (χ1n) is 22.8. The van der Waals surface area contributed by atoms with E-state index in [1.54, 1.807) is 0 Å². The van der Waals surface area contributed by atoms with E-state index in [0.29, 0.717) is 29.7 Å². The number of alkyl halides is 4. The quantitative estimate of drug-likeness (QED) is 0.226. The van der Waals surface area contributed by atoms with Gasteiger partial charge in [-0.05, 0) is 189 Å². The molecule has 0 amide bonds. The highest BCUT2D eigenvalue weighted by molar-refractivity contribution is 5.00. The van der Waals surface area contributed by atoms with Crippen LogP contribution in [0.2, 0.25) is 0 Å². The first kappa shape index (κ1) is 51.7. The van der Waals surface area contributed by atoms with Gasteiger partial charge in [0.25, 0.3) is 11.8 Å². The highest BCUT2D eigenvalue weighted by Crippen LogP contribution is 2.42. The Morgan fingerprint density at radius 3 is 1.05 bits per heavy atom. The third-order valence-corrected chi connectivity index (χ3v) is 13.1. The number of hydrogen-bond acceptors (Lipinski definition) is 5. The Labute approximate surface area is 345 Å². The van der Waals surface area contributed by atoms with E-state index in [1.165, 1.54) is 70.9 Å². The van der Waals surface area contributed by atoms with E-state index in [1.807, 2.05) is 32.6 Å². The summed E-state index contributed by atoms with van der Waals surface area (Å²) in [7, 11) is 0. The van der Waals surface area contributed by atoms with E-state index in [4.69, 9.17) is 0 Å². The number of hydrogen-bond donors (Lipinski definition) is 0. The SMILES string of the molecule is CC(C)(C)N1C2CCC1CC2.CC(C)(C)N1CCC(F)(F)CC1.C[C@H]1CC(F)(F)CN1C(C)(C)C.C[C@H]1CCCCN1C(C)(C)C.C[C@H]1CCCN1C(C)(C)C. The molecular weight excluding hydrogens is 711 g/mol. The summed E-state index contributed by atoms with van der Waals surface area (Å²) in [6.07, 6.45) is 12.9. The highest BCUT2D eigenvalue weighted by atomic mass is 19.3. The van der Waals surface area contributed by atoms with E-state index in [9.17, 15) is 17.6 Å². The van der Waals surface area contributed by atoms with Crippen molar-refractivity contribution in [3.05, 3.63) is 0 Å². The lowest BCUT2D eigenvalue weighted by Gasteiger charge is -2.43. The van der Waals surface area contributed by atoms with Gasteiger partial charge in [-0.2, -0.15) is 0 Å². The van der Waals surface area contributed by atoms with Gasteiger partial charge in [0.2, 0.25) is 0 Å². The van der Waals surface area contributed by atoms with Crippen molar-refractivity contribution in [3.8, 4) is 0 Å². The minimum absolute atomic E-state index is 0.000000000000000444. The molecule has 5 nitrogen and oxygen atoms in total. The molecule has 9 heteroatoms. The fourth-order valence-electron chi connectivity index (χ4n) is 10.4. The predicted molar refractivity (Wildman–Crippen MR) is 234 cm³/mol. The van der Waals surface area contributed by atoms with Crippen molar-refractivity contribution in [1.82, 2.24) is 24.5 Å². The average Bonchev–Trinajstić information content (AvgIpc) is 3.80. The second-order valence-corrected chi connectivity index (χ2v) is 23.3. The molecule has 6 saturated heterocycles. The highest BCUT2D eigenvalue weighted by Gasteiger charge is 2.47. The molecule has 334 valence electrons. The Kier molecular flexibility index (Phi) is 18.4. The van der Waals surface area contributed by atoms with Crippen LogP contribution < -0.4 is 0 Å². The van der Waals surface area contributed by atoms with Crippen molar-refractivity contribution < 1.29 is 17.6 Å². The molecular formula is C47H93F4N5. The second-order valence-electron chi connectivity index (χ2n) is 23.3. The topological polar surface area (TPSA) is 16.2 Å². The number of nitrogens with zero attached hydrogens (tertiary/aromatic N) is 5. The molecule has 0 aliphatic carbocycles. The first-order valence-corrected chi connectivity index (χ1v) is 22.8. The van der Waals surface area contributed by atoms with Gasteiger partial charge in [-0.25, -0.2) is 17.6 Å². The number of piperidine rings is 2. The van der Waals surface area contributed by atoms with Gasteiger partial charge < -0.3 is 0 Å². The van der Waals surface area contributed by atoms with Gasteiger partial charge in [0.1, 0.15) is 0 Å². The van der Waals surface area contributed by atoms with Crippen LogP contribution in [0.5, 0.6) is 0 Å². The molecule has 2 bridgehead atoms. The summed E-state index contributed by atoms with van der Waals surface area (Å²) in [5.41, 5.74) is 1.08. The summed E-state index contributed by atoms with van der Waals surface area (Å²) < 4.78 is 51.3. The minimum Gasteiger partial charge on any atom is -0.298 e. The standard InChI is InChI=1S/C10H19N.C10H21N.2C9H17F2N.C9H19N/c1-10(2,3)11-8-4-5-9(11)7-6-8;1-9-7-5-6-8-11(9)10(2,3)4;1-7-5-9(10,11)6-12(7)8(2,3)4;1-8(2,3)12-6-4-9(10,11)5-7-12;1-8-6-5-7-10(8)9(2,3)4/h8-9H,4-7H2,1-3H3;9H,5-8H2,1-4H3;7H,5-6H2,1-4H3;4-7H2,1-3H3;8H,5-7H2,1-4H3/t;9-;7-;;8-/m.00.0/s1. The third-order valence-electron chi connectivity index (χ3n) is 13.1. The lowest BCUT2D eigenvalue weighted by molar-refractivity contribution is -0.0713. The fourth-order valence-corrected chi connectivity index (χ4v) is 10.4. The Morgan fingerprint density at radius 2 is 0.804 bits per heavy atom. The molecule has 6 aliphatic rings. The van der Waals surface area contributed by atoms with Gasteiger partial charge in [0.15, 0.2) is 0 Å². The molecule has 0 aromatic carbocycles. The summed E-state index contributed by atoms with van der Waals surface area (Å²) in [5, 5.41) is 0.